The average Bonchev–Trinajstić information content (AvgIpc) is 2.69. The molecule has 0 radical (unpaired) electrons. The van der Waals surface area contributed by atoms with Crippen LogP contribution >= 0.6 is 0 Å². The molecule has 1 unspecified atom stereocenters. The molecule has 0 bridgehead atoms. The summed E-state index contributed by atoms with van der Waals surface area (Å²) < 4.78 is 0. The Balaban J connectivity index is 2.04. The molecule has 16 heavy (non-hydrogen) atoms. The fourth-order valence-corrected chi connectivity index (χ4v) is 1.88. The number of nitrogens with zero attached hydrogens (tertiary/aromatic N) is 1. The lowest BCUT2D eigenvalue weighted by atomic mass is 10.1. The topological polar surface area (TPSA) is 20.3 Å². The van der Waals surface area contributed by atoms with E-state index in [1.165, 1.54) is 0 Å². The number of amides is 1. The van der Waals surface area contributed by atoms with Crippen LogP contribution in [-0.4, -0.2) is 17.4 Å². The Morgan fingerprint density at radius 1 is 1.31 bits per heavy atom. The largest absolute Gasteiger partial charge is 0.319 e. The summed E-state index contributed by atoms with van der Waals surface area (Å²) in [5.74, 6) is 0.167. The van der Waals surface area contributed by atoms with Crippen molar-refractivity contribution in [3.63, 3.8) is 0 Å². The lowest BCUT2D eigenvalue weighted by Crippen LogP contribution is -2.20. The lowest BCUT2D eigenvalue weighted by Gasteiger charge is -2.07. The van der Waals surface area contributed by atoms with Gasteiger partial charge in [-0.15, -0.1) is 0 Å². The number of carbonyl (C=O) groups excluding carboxylic acids is 1. The minimum atomic E-state index is 0.0122. The predicted octanol–water partition coefficient (Wildman–Crippen LogP) is 2.69. The third-order valence-electron chi connectivity index (χ3n) is 2.82. The van der Waals surface area contributed by atoms with E-state index in [1.807, 2.05) is 42.5 Å². The Labute approximate surface area is 95.9 Å². The fourth-order valence-electron chi connectivity index (χ4n) is 1.88. The van der Waals surface area contributed by atoms with Gasteiger partial charge in [0.15, 0.2) is 0 Å². The molecule has 1 aliphatic heterocycles. The van der Waals surface area contributed by atoms with Crippen LogP contribution in [0.5, 0.6) is 0 Å². The molecule has 0 N–H and O–H groups in total. The summed E-state index contributed by atoms with van der Waals surface area (Å²) >= 11 is 0. The van der Waals surface area contributed by atoms with Gasteiger partial charge in [0.05, 0.1) is 5.92 Å². The molecule has 1 heterocycles. The van der Waals surface area contributed by atoms with E-state index in [1.54, 1.807) is 11.1 Å². The summed E-state index contributed by atoms with van der Waals surface area (Å²) in [6, 6.07) is 10.0. The van der Waals surface area contributed by atoms with Gasteiger partial charge in [-0.3, -0.25) is 4.79 Å². The van der Waals surface area contributed by atoms with Gasteiger partial charge in [0.25, 0.3) is 0 Å². The maximum atomic E-state index is 11.8. The van der Waals surface area contributed by atoms with Crippen LogP contribution in [0, 0.1) is 5.92 Å². The summed E-state index contributed by atoms with van der Waals surface area (Å²) in [4.78, 5) is 13.4. The first-order valence-corrected chi connectivity index (χ1v) is 5.47. The molecule has 82 valence electrons. The molecule has 1 fully saturated rings. The second kappa shape index (κ2) is 4.79. The lowest BCUT2D eigenvalue weighted by molar-refractivity contribution is -0.127. The molecule has 2 nitrogen and oxygen atoms in total. The highest BCUT2D eigenvalue weighted by atomic mass is 16.2. The van der Waals surface area contributed by atoms with Crippen molar-refractivity contribution in [1.82, 2.24) is 4.90 Å². The van der Waals surface area contributed by atoms with Crippen molar-refractivity contribution < 1.29 is 4.79 Å². The Hall–Kier alpha value is -1.83. The maximum Gasteiger partial charge on any atom is 0.233 e. The van der Waals surface area contributed by atoms with Crippen molar-refractivity contribution in [2.45, 2.75) is 6.42 Å². The molecule has 0 spiro atoms. The highest BCUT2D eigenvalue weighted by Crippen LogP contribution is 2.20. The van der Waals surface area contributed by atoms with Crippen LogP contribution in [0.15, 0.2) is 49.2 Å². The molecule has 1 aromatic rings. The highest BCUT2D eigenvalue weighted by Gasteiger charge is 2.27. The fraction of sp³-hybridized carbons (Fsp3) is 0.214. The van der Waals surface area contributed by atoms with Gasteiger partial charge < -0.3 is 4.90 Å². The second-order valence-corrected chi connectivity index (χ2v) is 3.88. The van der Waals surface area contributed by atoms with E-state index in [2.05, 4.69) is 6.58 Å². The first-order chi connectivity index (χ1) is 7.81. The number of benzene rings is 1. The summed E-state index contributed by atoms with van der Waals surface area (Å²) in [7, 11) is 0. The number of likely N-dealkylation sites (tertiary alicyclic amines) is 1. The summed E-state index contributed by atoms with van der Waals surface area (Å²) in [6.07, 6.45) is 6.49. The van der Waals surface area contributed by atoms with E-state index in [0.717, 1.165) is 18.5 Å². The molecule has 2 heteroatoms. The number of rotatable bonds is 3. The molecule has 0 aromatic heterocycles. The molecule has 1 atom stereocenters. The Morgan fingerprint density at radius 3 is 2.69 bits per heavy atom. The van der Waals surface area contributed by atoms with Crippen molar-refractivity contribution in [1.29, 1.82) is 0 Å². The SMILES string of the molecule is C=CN1CCC(C=Cc2ccccc2)C1=O. The molecule has 0 aliphatic carbocycles. The molecular formula is C14H15NO. The second-order valence-electron chi connectivity index (χ2n) is 3.88. The van der Waals surface area contributed by atoms with Gasteiger partial charge in [0.1, 0.15) is 0 Å². The molecular weight excluding hydrogens is 198 g/mol. The molecule has 1 saturated heterocycles. The summed E-state index contributed by atoms with van der Waals surface area (Å²) in [5, 5.41) is 0. The third kappa shape index (κ3) is 2.22. The predicted molar refractivity (Wildman–Crippen MR) is 65.5 cm³/mol. The van der Waals surface area contributed by atoms with E-state index < -0.39 is 0 Å². The minimum absolute atomic E-state index is 0.0122. The number of hydrogen-bond acceptors (Lipinski definition) is 1. The van der Waals surface area contributed by atoms with Gasteiger partial charge in [-0.2, -0.15) is 0 Å². The van der Waals surface area contributed by atoms with Gasteiger partial charge in [0.2, 0.25) is 5.91 Å². The standard InChI is InChI=1S/C14H15NO/c1-2-15-11-10-13(14(15)16)9-8-12-6-4-3-5-7-12/h2-9,13H,1,10-11H2. The molecule has 0 saturated carbocycles. The quantitative estimate of drug-likeness (QED) is 0.756. The monoisotopic (exact) mass is 213 g/mol. The summed E-state index contributed by atoms with van der Waals surface area (Å²) in [6.45, 7) is 4.41. The summed E-state index contributed by atoms with van der Waals surface area (Å²) in [5.41, 5.74) is 1.13. The first-order valence-electron chi connectivity index (χ1n) is 5.47. The van der Waals surface area contributed by atoms with Crippen LogP contribution in [0.25, 0.3) is 6.08 Å². The van der Waals surface area contributed by atoms with Gasteiger partial charge in [-0.1, -0.05) is 49.1 Å². The van der Waals surface area contributed by atoms with Crippen molar-refractivity contribution in [3.8, 4) is 0 Å². The Morgan fingerprint density at radius 2 is 2.06 bits per heavy atom. The molecule has 1 amide bonds. The maximum absolute atomic E-state index is 11.8. The van der Waals surface area contributed by atoms with E-state index in [9.17, 15) is 4.79 Å². The van der Waals surface area contributed by atoms with Crippen LogP contribution < -0.4 is 0 Å². The van der Waals surface area contributed by atoms with Crippen LogP contribution in [0.4, 0.5) is 0 Å². The third-order valence-corrected chi connectivity index (χ3v) is 2.82. The van der Waals surface area contributed by atoms with E-state index in [4.69, 9.17) is 0 Å². The molecule has 1 aliphatic rings. The zero-order valence-electron chi connectivity index (χ0n) is 9.17. The minimum Gasteiger partial charge on any atom is -0.319 e. The van der Waals surface area contributed by atoms with Gasteiger partial charge in [-0.25, -0.2) is 0 Å². The first kappa shape index (κ1) is 10.7. The Bertz CT molecular complexity index is 408. The van der Waals surface area contributed by atoms with Crippen LogP contribution in [0.3, 0.4) is 0 Å². The average molecular weight is 213 g/mol. The van der Waals surface area contributed by atoms with E-state index in [0.29, 0.717) is 0 Å². The molecule has 1 aromatic carbocycles. The van der Waals surface area contributed by atoms with Crippen LogP contribution in [0.1, 0.15) is 12.0 Å². The number of carbonyl (C=O) groups is 1. The molecule has 2 rings (SSSR count). The van der Waals surface area contributed by atoms with Crippen LogP contribution in [0.2, 0.25) is 0 Å². The van der Waals surface area contributed by atoms with Crippen molar-refractivity contribution in [2.75, 3.05) is 6.54 Å². The smallest absolute Gasteiger partial charge is 0.233 e. The Kier molecular flexibility index (Phi) is 3.20. The van der Waals surface area contributed by atoms with Crippen LogP contribution in [-0.2, 0) is 4.79 Å². The van der Waals surface area contributed by atoms with Crippen molar-refractivity contribution >= 4 is 12.0 Å². The normalized spacial score (nSPS) is 20.6. The van der Waals surface area contributed by atoms with Gasteiger partial charge in [-0.05, 0) is 18.2 Å². The van der Waals surface area contributed by atoms with Gasteiger partial charge >= 0.3 is 0 Å². The van der Waals surface area contributed by atoms with Gasteiger partial charge in [0, 0.05) is 6.54 Å². The van der Waals surface area contributed by atoms with Crippen molar-refractivity contribution in [3.05, 3.63) is 54.8 Å². The van der Waals surface area contributed by atoms with E-state index in [-0.39, 0.29) is 11.8 Å². The zero-order valence-corrected chi connectivity index (χ0v) is 9.17. The number of hydrogen-bond donors (Lipinski definition) is 0. The highest BCUT2D eigenvalue weighted by molar-refractivity contribution is 5.84. The zero-order chi connectivity index (χ0) is 11.4. The van der Waals surface area contributed by atoms with E-state index >= 15 is 0 Å². The van der Waals surface area contributed by atoms with Crippen molar-refractivity contribution in [2.24, 2.45) is 5.92 Å².